The van der Waals surface area contributed by atoms with Gasteiger partial charge in [-0.05, 0) is 59.5 Å². The van der Waals surface area contributed by atoms with Crippen molar-refractivity contribution < 1.29 is 8.78 Å². The van der Waals surface area contributed by atoms with Crippen LogP contribution in [0.4, 0.5) is 8.78 Å². The van der Waals surface area contributed by atoms with E-state index in [1.165, 1.54) is 32.1 Å². The fourth-order valence-electron chi connectivity index (χ4n) is 4.65. The van der Waals surface area contributed by atoms with Crippen molar-refractivity contribution in [2.24, 2.45) is 0 Å². The Labute approximate surface area is 192 Å². The number of hydrogen-bond acceptors (Lipinski definition) is 2. The molecule has 5 aromatic rings. The summed E-state index contributed by atoms with van der Waals surface area (Å²) >= 11 is 0. The lowest BCUT2D eigenvalue weighted by atomic mass is 9.96. The summed E-state index contributed by atoms with van der Waals surface area (Å²) in [5.41, 5.74) is 3.27. The second-order valence-electron chi connectivity index (χ2n) is 8.75. The van der Waals surface area contributed by atoms with Gasteiger partial charge in [-0.25, -0.2) is 13.5 Å². The van der Waals surface area contributed by atoms with Crippen LogP contribution >= 0.6 is 0 Å². The maximum Gasteiger partial charge on any atom is 0.167 e. The first-order chi connectivity index (χ1) is 16.2. The Morgan fingerprint density at radius 2 is 1.42 bits per heavy atom. The number of rotatable bonds is 8. The van der Waals surface area contributed by atoms with E-state index in [4.69, 9.17) is 0 Å². The number of aromatic nitrogens is 3. The van der Waals surface area contributed by atoms with Crippen molar-refractivity contribution in [3.05, 3.63) is 77.9 Å². The standard InChI is InChI=1S/C28H27F2N3/c1-2-3-4-5-6-7-10-19-13-15-21-22-16-14-20(18-24(22)28(30)27(29)23(21)17-19)33-26-12-9-8-11-25(26)31-32-33/h8-9,11-18H,2-7,10H2,1H3. The average Bonchev–Trinajstić information content (AvgIpc) is 3.28. The maximum atomic E-state index is 15.2. The molecule has 0 spiro atoms. The van der Waals surface area contributed by atoms with Gasteiger partial charge in [-0.1, -0.05) is 74.6 Å². The monoisotopic (exact) mass is 443 g/mol. The van der Waals surface area contributed by atoms with E-state index in [-0.39, 0.29) is 5.39 Å². The molecule has 0 amide bonds. The number of unbranched alkanes of at least 4 members (excludes halogenated alkanes) is 5. The van der Waals surface area contributed by atoms with Crippen molar-refractivity contribution in [1.82, 2.24) is 15.0 Å². The zero-order valence-electron chi connectivity index (χ0n) is 18.8. The fourth-order valence-corrected chi connectivity index (χ4v) is 4.65. The van der Waals surface area contributed by atoms with Gasteiger partial charge in [0, 0.05) is 10.8 Å². The molecule has 0 fully saturated rings. The Morgan fingerprint density at radius 3 is 2.24 bits per heavy atom. The van der Waals surface area contributed by atoms with Gasteiger partial charge in [-0.3, -0.25) is 0 Å². The van der Waals surface area contributed by atoms with E-state index in [0.717, 1.165) is 34.8 Å². The molecule has 4 aromatic carbocycles. The number of aryl methyl sites for hydroxylation is 1. The first kappa shape index (κ1) is 21.5. The number of fused-ring (bicyclic) bond motifs is 4. The molecule has 0 radical (unpaired) electrons. The minimum Gasteiger partial charge on any atom is -0.213 e. The van der Waals surface area contributed by atoms with Crippen molar-refractivity contribution in [2.75, 3.05) is 0 Å². The smallest absolute Gasteiger partial charge is 0.167 e. The van der Waals surface area contributed by atoms with Crippen LogP contribution in [0.25, 0.3) is 38.3 Å². The van der Waals surface area contributed by atoms with Gasteiger partial charge in [-0.15, -0.1) is 5.10 Å². The number of para-hydroxylation sites is 1. The topological polar surface area (TPSA) is 30.7 Å². The molecule has 1 aromatic heterocycles. The Balaban J connectivity index is 1.49. The van der Waals surface area contributed by atoms with Crippen LogP contribution in [0.2, 0.25) is 0 Å². The number of nitrogens with zero attached hydrogens (tertiary/aromatic N) is 3. The van der Waals surface area contributed by atoms with Gasteiger partial charge in [0.05, 0.1) is 11.2 Å². The van der Waals surface area contributed by atoms with Gasteiger partial charge in [0.2, 0.25) is 0 Å². The number of hydrogen-bond donors (Lipinski definition) is 0. The molecule has 5 rings (SSSR count). The predicted molar refractivity (Wildman–Crippen MR) is 131 cm³/mol. The molecule has 0 bridgehead atoms. The van der Waals surface area contributed by atoms with Crippen molar-refractivity contribution in [1.29, 1.82) is 0 Å². The number of benzene rings is 4. The highest BCUT2D eigenvalue weighted by atomic mass is 19.2. The molecular formula is C28H27F2N3. The molecule has 0 N–H and O–H groups in total. The molecule has 0 saturated carbocycles. The molecule has 1 heterocycles. The van der Waals surface area contributed by atoms with E-state index in [9.17, 15) is 0 Å². The van der Waals surface area contributed by atoms with Crippen LogP contribution in [0.1, 0.15) is 51.0 Å². The predicted octanol–water partition coefficient (Wildman–Crippen LogP) is 7.91. The van der Waals surface area contributed by atoms with Crippen LogP contribution in [0, 0.1) is 11.6 Å². The molecule has 0 atom stereocenters. The summed E-state index contributed by atoms with van der Waals surface area (Å²) in [6.07, 6.45) is 8.15. The van der Waals surface area contributed by atoms with Crippen LogP contribution in [0.5, 0.6) is 0 Å². The Hall–Kier alpha value is -3.34. The molecule has 0 aliphatic carbocycles. The SMILES string of the molecule is CCCCCCCCc1ccc2c(c1)c(F)c(F)c1cc(-n3nnc4ccccc43)ccc12. The molecule has 0 aliphatic rings. The van der Waals surface area contributed by atoms with Crippen LogP contribution in [-0.4, -0.2) is 15.0 Å². The first-order valence-corrected chi connectivity index (χ1v) is 11.8. The largest absolute Gasteiger partial charge is 0.213 e. The molecule has 0 aliphatic heterocycles. The van der Waals surface area contributed by atoms with E-state index in [2.05, 4.69) is 17.2 Å². The molecule has 3 nitrogen and oxygen atoms in total. The zero-order valence-corrected chi connectivity index (χ0v) is 18.8. The minimum absolute atomic E-state index is 0.251. The van der Waals surface area contributed by atoms with Crippen LogP contribution in [-0.2, 0) is 6.42 Å². The third-order valence-corrected chi connectivity index (χ3v) is 6.46. The van der Waals surface area contributed by atoms with Gasteiger partial charge in [0.15, 0.2) is 11.6 Å². The molecule has 0 unspecified atom stereocenters. The van der Waals surface area contributed by atoms with Crippen molar-refractivity contribution >= 4 is 32.6 Å². The highest BCUT2D eigenvalue weighted by Gasteiger charge is 2.16. The van der Waals surface area contributed by atoms with Gasteiger partial charge < -0.3 is 0 Å². The van der Waals surface area contributed by atoms with E-state index < -0.39 is 11.6 Å². The van der Waals surface area contributed by atoms with E-state index in [0.29, 0.717) is 16.5 Å². The Kier molecular flexibility index (Phi) is 6.03. The summed E-state index contributed by atoms with van der Waals surface area (Å²) < 4.78 is 32.0. The average molecular weight is 444 g/mol. The lowest BCUT2D eigenvalue weighted by Crippen LogP contribution is -1.98. The minimum atomic E-state index is -0.819. The van der Waals surface area contributed by atoms with Gasteiger partial charge in [0.25, 0.3) is 0 Å². The molecule has 0 saturated heterocycles. The second kappa shape index (κ2) is 9.26. The summed E-state index contributed by atoms with van der Waals surface area (Å²) in [5, 5.41) is 10.4. The lowest BCUT2D eigenvalue weighted by molar-refractivity contribution is 0.525. The van der Waals surface area contributed by atoms with Crippen molar-refractivity contribution in [3.63, 3.8) is 0 Å². The first-order valence-electron chi connectivity index (χ1n) is 11.8. The molecule has 5 heteroatoms. The summed E-state index contributed by atoms with van der Waals surface area (Å²) in [6, 6.07) is 18.7. The summed E-state index contributed by atoms with van der Waals surface area (Å²) in [6.45, 7) is 2.21. The van der Waals surface area contributed by atoms with E-state index in [1.54, 1.807) is 10.7 Å². The maximum absolute atomic E-state index is 15.2. The summed E-state index contributed by atoms with van der Waals surface area (Å²) in [7, 11) is 0. The highest BCUT2D eigenvalue weighted by Crippen LogP contribution is 2.33. The van der Waals surface area contributed by atoms with Crippen molar-refractivity contribution in [3.8, 4) is 5.69 Å². The van der Waals surface area contributed by atoms with Gasteiger partial charge in [0.1, 0.15) is 5.52 Å². The summed E-state index contributed by atoms with van der Waals surface area (Å²) in [5.74, 6) is -1.61. The highest BCUT2D eigenvalue weighted by molar-refractivity contribution is 6.08. The quantitative estimate of drug-likeness (QED) is 0.180. The third kappa shape index (κ3) is 4.08. The third-order valence-electron chi connectivity index (χ3n) is 6.46. The lowest BCUT2D eigenvalue weighted by Gasteiger charge is -2.11. The van der Waals surface area contributed by atoms with Crippen LogP contribution in [0.15, 0.2) is 60.7 Å². The molecule has 168 valence electrons. The summed E-state index contributed by atoms with van der Waals surface area (Å²) in [4.78, 5) is 0. The van der Waals surface area contributed by atoms with Gasteiger partial charge >= 0.3 is 0 Å². The van der Waals surface area contributed by atoms with Gasteiger partial charge in [-0.2, -0.15) is 0 Å². The normalized spacial score (nSPS) is 11.7. The van der Waals surface area contributed by atoms with Crippen LogP contribution in [0.3, 0.4) is 0 Å². The van der Waals surface area contributed by atoms with Crippen LogP contribution < -0.4 is 0 Å². The fraction of sp³-hybridized carbons (Fsp3) is 0.286. The Morgan fingerprint density at radius 1 is 0.727 bits per heavy atom. The van der Waals surface area contributed by atoms with E-state index in [1.807, 2.05) is 54.6 Å². The number of halogens is 2. The Bertz CT molecular complexity index is 1440. The van der Waals surface area contributed by atoms with Crippen molar-refractivity contribution in [2.45, 2.75) is 51.9 Å². The van der Waals surface area contributed by atoms with E-state index >= 15 is 8.78 Å². The molecular weight excluding hydrogens is 416 g/mol. The zero-order chi connectivity index (χ0) is 22.8. The second-order valence-corrected chi connectivity index (χ2v) is 8.75. The molecule has 33 heavy (non-hydrogen) atoms.